The lowest BCUT2D eigenvalue weighted by molar-refractivity contribution is -0.0941. The van der Waals surface area contributed by atoms with E-state index in [-0.39, 0.29) is 17.5 Å². The molecular formula is C19H20FNO. The van der Waals surface area contributed by atoms with Crippen LogP contribution in [0.3, 0.4) is 0 Å². The van der Waals surface area contributed by atoms with Gasteiger partial charge < -0.3 is 9.64 Å². The SMILES string of the molecule is CN1CCC2(CC1)OC(c1ccc(F)cc1)c1ccccc12. The Labute approximate surface area is 130 Å². The Morgan fingerprint density at radius 2 is 1.73 bits per heavy atom. The maximum absolute atomic E-state index is 13.2. The van der Waals surface area contributed by atoms with Crippen molar-refractivity contribution >= 4 is 0 Å². The number of ether oxygens (including phenoxy) is 1. The molecule has 2 aliphatic rings. The summed E-state index contributed by atoms with van der Waals surface area (Å²) in [7, 11) is 2.16. The molecule has 0 radical (unpaired) electrons. The van der Waals surface area contributed by atoms with Crippen LogP contribution in [0.1, 0.15) is 35.6 Å². The molecule has 1 spiro atoms. The third kappa shape index (κ3) is 2.16. The molecule has 3 heteroatoms. The van der Waals surface area contributed by atoms with Crippen LogP contribution in [0, 0.1) is 5.82 Å². The third-order valence-electron chi connectivity index (χ3n) is 5.05. The summed E-state index contributed by atoms with van der Waals surface area (Å²) in [5.74, 6) is -0.205. The van der Waals surface area contributed by atoms with Crippen LogP contribution in [0.25, 0.3) is 0 Å². The van der Waals surface area contributed by atoms with Gasteiger partial charge in [0.1, 0.15) is 11.9 Å². The van der Waals surface area contributed by atoms with Gasteiger partial charge in [-0.2, -0.15) is 0 Å². The van der Waals surface area contributed by atoms with Crippen LogP contribution in [0.15, 0.2) is 48.5 Å². The highest BCUT2D eigenvalue weighted by molar-refractivity contribution is 5.43. The van der Waals surface area contributed by atoms with Crippen molar-refractivity contribution in [2.45, 2.75) is 24.5 Å². The lowest BCUT2D eigenvalue weighted by Gasteiger charge is -2.38. The van der Waals surface area contributed by atoms with Crippen molar-refractivity contribution in [3.05, 3.63) is 71.0 Å². The molecule has 0 bridgehead atoms. The lowest BCUT2D eigenvalue weighted by atomic mass is 9.83. The second kappa shape index (κ2) is 5.18. The summed E-state index contributed by atoms with van der Waals surface area (Å²) in [6, 6.07) is 15.2. The van der Waals surface area contributed by atoms with E-state index in [9.17, 15) is 4.39 Å². The number of likely N-dealkylation sites (tertiary alicyclic amines) is 1. The molecule has 1 fully saturated rings. The Morgan fingerprint density at radius 1 is 1.05 bits per heavy atom. The van der Waals surface area contributed by atoms with E-state index in [0.29, 0.717) is 0 Å². The van der Waals surface area contributed by atoms with Gasteiger partial charge in [0.05, 0.1) is 5.60 Å². The van der Waals surface area contributed by atoms with E-state index in [1.54, 1.807) is 0 Å². The molecule has 2 aromatic rings. The normalized spacial score (nSPS) is 23.6. The average molecular weight is 297 g/mol. The Bertz CT molecular complexity index is 674. The lowest BCUT2D eigenvalue weighted by Crippen LogP contribution is -2.40. The number of rotatable bonds is 1. The van der Waals surface area contributed by atoms with E-state index in [2.05, 4.69) is 36.2 Å². The molecule has 114 valence electrons. The van der Waals surface area contributed by atoms with Gasteiger partial charge in [-0.1, -0.05) is 36.4 Å². The Balaban J connectivity index is 1.75. The molecule has 2 aliphatic heterocycles. The van der Waals surface area contributed by atoms with Gasteiger partial charge in [0.2, 0.25) is 0 Å². The van der Waals surface area contributed by atoms with Crippen LogP contribution in [-0.2, 0) is 10.3 Å². The van der Waals surface area contributed by atoms with Gasteiger partial charge in [-0.05, 0) is 48.7 Å². The molecule has 0 aliphatic carbocycles. The molecule has 0 N–H and O–H groups in total. The van der Waals surface area contributed by atoms with Crippen LogP contribution in [-0.4, -0.2) is 25.0 Å². The van der Waals surface area contributed by atoms with Gasteiger partial charge in [0, 0.05) is 13.1 Å². The standard InChI is InChI=1S/C19H20FNO/c1-21-12-10-19(11-13-21)17-5-3-2-4-16(17)18(22-19)14-6-8-15(20)9-7-14/h2-9,18H,10-13H2,1H3. The van der Waals surface area contributed by atoms with Crippen molar-refractivity contribution in [3.8, 4) is 0 Å². The molecular weight excluding hydrogens is 277 g/mol. The molecule has 4 rings (SSSR count). The number of hydrogen-bond donors (Lipinski definition) is 0. The van der Waals surface area contributed by atoms with E-state index < -0.39 is 0 Å². The quantitative estimate of drug-likeness (QED) is 0.792. The zero-order valence-electron chi connectivity index (χ0n) is 12.8. The number of nitrogens with zero attached hydrogens (tertiary/aromatic N) is 1. The van der Waals surface area contributed by atoms with Gasteiger partial charge in [0.15, 0.2) is 0 Å². The molecule has 2 aromatic carbocycles. The van der Waals surface area contributed by atoms with Crippen LogP contribution < -0.4 is 0 Å². The van der Waals surface area contributed by atoms with Gasteiger partial charge in [-0.25, -0.2) is 4.39 Å². The average Bonchev–Trinajstić information content (AvgIpc) is 2.87. The number of benzene rings is 2. The van der Waals surface area contributed by atoms with E-state index in [0.717, 1.165) is 31.5 Å². The van der Waals surface area contributed by atoms with E-state index in [1.807, 2.05) is 12.1 Å². The number of halogens is 1. The molecule has 0 amide bonds. The van der Waals surface area contributed by atoms with Crippen LogP contribution in [0.4, 0.5) is 4.39 Å². The highest BCUT2D eigenvalue weighted by atomic mass is 19.1. The van der Waals surface area contributed by atoms with Crippen molar-refractivity contribution in [1.82, 2.24) is 4.90 Å². The van der Waals surface area contributed by atoms with E-state index in [4.69, 9.17) is 4.74 Å². The predicted molar refractivity (Wildman–Crippen MR) is 84.2 cm³/mol. The first kappa shape index (κ1) is 13.9. The third-order valence-corrected chi connectivity index (χ3v) is 5.05. The Kier molecular flexibility index (Phi) is 3.28. The fourth-order valence-corrected chi connectivity index (χ4v) is 3.75. The summed E-state index contributed by atoms with van der Waals surface area (Å²) in [6.07, 6.45) is 1.94. The topological polar surface area (TPSA) is 12.5 Å². The Hall–Kier alpha value is -1.71. The second-order valence-electron chi connectivity index (χ2n) is 6.43. The van der Waals surface area contributed by atoms with E-state index in [1.165, 1.54) is 23.3 Å². The molecule has 1 saturated heterocycles. The van der Waals surface area contributed by atoms with Crippen LogP contribution in [0.2, 0.25) is 0 Å². The largest absolute Gasteiger partial charge is 0.358 e. The highest BCUT2D eigenvalue weighted by Gasteiger charge is 2.46. The minimum atomic E-state index is -0.205. The number of fused-ring (bicyclic) bond motifs is 2. The summed E-state index contributed by atoms with van der Waals surface area (Å²) in [6.45, 7) is 2.09. The number of piperidine rings is 1. The maximum Gasteiger partial charge on any atom is 0.123 e. The molecule has 2 nitrogen and oxygen atoms in total. The van der Waals surface area contributed by atoms with Gasteiger partial charge >= 0.3 is 0 Å². The van der Waals surface area contributed by atoms with Crippen molar-refractivity contribution in [3.63, 3.8) is 0 Å². The van der Waals surface area contributed by atoms with Crippen LogP contribution >= 0.6 is 0 Å². The second-order valence-corrected chi connectivity index (χ2v) is 6.43. The van der Waals surface area contributed by atoms with Gasteiger partial charge in [0.25, 0.3) is 0 Å². The first-order valence-electron chi connectivity index (χ1n) is 7.89. The molecule has 1 unspecified atom stereocenters. The summed E-state index contributed by atoms with van der Waals surface area (Å²) in [4.78, 5) is 2.35. The minimum absolute atomic E-state index is 0.0831. The van der Waals surface area contributed by atoms with Crippen molar-refractivity contribution < 1.29 is 9.13 Å². The summed E-state index contributed by atoms with van der Waals surface area (Å²) in [5.41, 5.74) is 3.41. The number of hydrogen-bond acceptors (Lipinski definition) is 2. The first-order valence-corrected chi connectivity index (χ1v) is 7.89. The summed E-state index contributed by atoms with van der Waals surface area (Å²) >= 11 is 0. The first-order chi connectivity index (χ1) is 10.7. The fraction of sp³-hybridized carbons (Fsp3) is 0.368. The van der Waals surface area contributed by atoms with Gasteiger partial charge in [-0.3, -0.25) is 0 Å². The molecule has 0 saturated carbocycles. The highest BCUT2D eigenvalue weighted by Crippen LogP contribution is 2.51. The zero-order valence-corrected chi connectivity index (χ0v) is 12.8. The summed E-state index contributed by atoms with van der Waals surface area (Å²) < 4.78 is 19.8. The van der Waals surface area contributed by atoms with Crippen LogP contribution in [0.5, 0.6) is 0 Å². The molecule has 0 aromatic heterocycles. The van der Waals surface area contributed by atoms with Crippen molar-refractivity contribution in [2.75, 3.05) is 20.1 Å². The van der Waals surface area contributed by atoms with Crippen molar-refractivity contribution in [2.24, 2.45) is 0 Å². The van der Waals surface area contributed by atoms with E-state index >= 15 is 0 Å². The van der Waals surface area contributed by atoms with Crippen molar-refractivity contribution in [1.29, 1.82) is 0 Å². The zero-order chi connectivity index (χ0) is 15.2. The summed E-state index contributed by atoms with van der Waals surface area (Å²) in [5, 5.41) is 0. The fourth-order valence-electron chi connectivity index (χ4n) is 3.75. The minimum Gasteiger partial charge on any atom is -0.358 e. The predicted octanol–water partition coefficient (Wildman–Crippen LogP) is 3.87. The molecule has 2 heterocycles. The monoisotopic (exact) mass is 297 g/mol. The molecule has 1 atom stereocenters. The molecule has 22 heavy (non-hydrogen) atoms. The maximum atomic E-state index is 13.2. The smallest absolute Gasteiger partial charge is 0.123 e. The Morgan fingerprint density at radius 3 is 2.45 bits per heavy atom. The van der Waals surface area contributed by atoms with Gasteiger partial charge in [-0.15, -0.1) is 0 Å².